The maximum Gasteiger partial charge on any atom is 0.324 e. The van der Waals surface area contributed by atoms with Gasteiger partial charge in [-0.25, -0.2) is 0 Å². The van der Waals surface area contributed by atoms with E-state index in [0.29, 0.717) is 19.5 Å². The first-order valence-corrected chi connectivity index (χ1v) is 15.3. The van der Waals surface area contributed by atoms with E-state index in [0.717, 1.165) is 10.9 Å². The second-order valence-electron chi connectivity index (χ2n) is 9.93. The first-order chi connectivity index (χ1) is 21.3. The van der Waals surface area contributed by atoms with Crippen LogP contribution >= 0.6 is 55.1 Å². The first-order valence-electron chi connectivity index (χ1n) is 13.0. The molecule has 1 N–H and O–H groups in total. The molecule has 0 spiro atoms. The minimum Gasteiger partial charge on any atom is -0.377 e. The van der Waals surface area contributed by atoms with Gasteiger partial charge < -0.3 is 9.84 Å². The van der Waals surface area contributed by atoms with Crippen LogP contribution in [0.5, 0.6) is 0 Å². The molecule has 2 atom stereocenters. The van der Waals surface area contributed by atoms with Gasteiger partial charge in [-0.1, -0.05) is 54.9 Å². The van der Waals surface area contributed by atoms with Crippen molar-refractivity contribution >= 4 is 55.1 Å². The summed E-state index contributed by atoms with van der Waals surface area (Å²) in [5.41, 5.74) is -4.92. The number of alkyl halides is 4. The summed E-state index contributed by atoms with van der Waals surface area (Å²) in [5, 5.41) is 19.3. The normalized spacial score (nSPS) is 17.2. The molecule has 46 heavy (non-hydrogen) atoms. The number of hydrogen-bond donors (Lipinski definition) is 1. The Morgan fingerprint density at radius 3 is 1.87 bits per heavy atom. The summed E-state index contributed by atoms with van der Waals surface area (Å²) in [6.45, 7) is -0.636. The quantitative estimate of drug-likeness (QED) is 0.125. The van der Waals surface area contributed by atoms with Crippen LogP contribution in [0.2, 0.25) is 10.0 Å². The van der Waals surface area contributed by atoms with Crippen LogP contribution in [0, 0.1) is 0 Å². The number of halogens is 8. The Morgan fingerprint density at radius 1 is 0.826 bits per heavy atom. The van der Waals surface area contributed by atoms with Gasteiger partial charge in [0.15, 0.2) is 11.2 Å². The van der Waals surface area contributed by atoms with Gasteiger partial charge >= 0.3 is 11.8 Å². The van der Waals surface area contributed by atoms with Gasteiger partial charge in [0.2, 0.25) is 0 Å². The molecule has 7 nitrogen and oxygen atoms in total. The van der Waals surface area contributed by atoms with E-state index in [2.05, 4.69) is 52.0 Å². The number of ether oxygens (including phenoxy) is 1. The van der Waals surface area contributed by atoms with E-state index in [-0.39, 0.29) is 30.3 Å². The van der Waals surface area contributed by atoms with E-state index in [4.69, 9.17) is 27.9 Å². The molecule has 0 radical (unpaired) electrons. The van der Waals surface area contributed by atoms with Gasteiger partial charge in [0.25, 0.3) is 0 Å². The Kier molecular flexibility index (Phi) is 11.0. The number of aromatic nitrogens is 5. The molecule has 0 bridgehead atoms. The molecular formula is C31H25Br2Cl2F4N5O2. The highest BCUT2D eigenvalue weighted by Crippen LogP contribution is 2.56. The lowest BCUT2D eigenvalue weighted by molar-refractivity contribution is -0.207. The maximum atomic E-state index is 15.3. The summed E-state index contributed by atoms with van der Waals surface area (Å²) in [6.07, 6.45) is 5.27. The zero-order chi connectivity index (χ0) is 32.5. The lowest BCUT2D eigenvalue weighted by atomic mass is 9.85. The van der Waals surface area contributed by atoms with Gasteiger partial charge in [0, 0.05) is 31.4 Å². The summed E-state index contributed by atoms with van der Waals surface area (Å²) in [6, 6.07) is 17.5. The fraction of sp³-hybridized carbons (Fsp3) is 0.226. The molecule has 2 aromatic carbocycles. The molecule has 3 aromatic heterocycles. The molecule has 242 valence electrons. The molecule has 6 rings (SSSR count). The van der Waals surface area contributed by atoms with E-state index in [9.17, 15) is 13.9 Å². The molecule has 5 aromatic rings. The molecule has 1 saturated heterocycles. The van der Waals surface area contributed by atoms with E-state index in [1.54, 1.807) is 18.2 Å². The fourth-order valence-corrected chi connectivity index (χ4v) is 5.38. The molecule has 15 heteroatoms. The van der Waals surface area contributed by atoms with Crippen LogP contribution in [0.25, 0.3) is 0 Å². The van der Waals surface area contributed by atoms with Gasteiger partial charge in [0.1, 0.15) is 17.9 Å². The maximum absolute atomic E-state index is 15.3. The Labute approximate surface area is 288 Å². The monoisotopic (exact) mass is 803 g/mol. The van der Waals surface area contributed by atoms with E-state index < -0.39 is 35.3 Å². The fourth-order valence-electron chi connectivity index (χ4n) is 4.53. The summed E-state index contributed by atoms with van der Waals surface area (Å²) < 4.78 is 66.3. The predicted octanol–water partition coefficient (Wildman–Crippen LogP) is 8.92. The molecule has 0 aliphatic carbocycles. The van der Waals surface area contributed by atoms with Crippen molar-refractivity contribution in [2.45, 2.75) is 37.0 Å². The number of hydrogen-bond acceptors (Lipinski definition) is 6. The number of nitrogens with zero attached hydrogens (tertiary/aromatic N) is 5. The van der Waals surface area contributed by atoms with Crippen molar-refractivity contribution in [3.05, 3.63) is 139 Å². The predicted molar refractivity (Wildman–Crippen MR) is 173 cm³/mol. The van der Waals surface area contributed by atoms with Crippen molar-refractivity contribution in [1.29, 1.82) is 0 Å². The molecule has 2 unspecified atom stereocenters. The summed E-state index contributed by atoms with van der Waals surface area (Å²) in [4.78, 5) is 8.54. The van der Waals surface area contributed by atoms with Crippen LogP contribution in [0.4, 0.5) is 17.6 Å². The zero-order valence-electron chi connectivity index (χ0n) is 22.8. The van der Waals surface area contributed by atoms with Gasteiger partial charge in [-0.2, -0.15) is 32.6 Å². The van der Waals surface area contributed by atoms with Crippen molar-refractivity contribution in [3.63, 3.8) is 0 Å². The molecule has 4 heterocycles. The Balaban J connectivity index is 0.000000209. The van der Waals surface area contributed by atoms with Gasteiger partial charge in [-0.3, -0.25) is 9.97 Å². The van der Waals surface area contributed by atoms with E-state index in [1.165, 1.54) is 73.3 Å². The number of epoxide rings is 1. The SMILES string of the molecule is C.FC(F)(c1ccc(Br)cn1)C1(c2cccc(Cl)c2)CO1.OC(Cn1nccn1)(c1cccc(Cl)c1)C(F)(F)c1ccc(Br)cn1. The third-order valence-corrected chi connectivity index (χ3v) is 8.40. The van der Waals surface area contributed by atoms with Crippen molar-refractivity contribution < 1.29 is 27.4 Å². The topological polar surface area (TPSA) is 89.3 Å². The van der Waals surface area contributed by atoms with E-state index in [1.807, 2.05) is 0 Å². The highest BCUT2D eigenvalue weighted by atomic mass is 79.9. The highest BCUT2D eigenvalue weighted by molar-refractivity contribution is 9.10. The molecule has 0 saturated carbocycles. The van der Waals surface area contributed by atoms with Crippen LogP contribution in [-0.2, 0) is 34.3 Å². The first kappa shape index (κ1) is 35.9. The van der Waals surface area contributed by atoms with Gasteiger partial charge in [0.05, 0.1) is 19.0 Å². The second kappa shape index (κ2) is 14.0. The average Bonchev–Trinajstić information content (AvgIpc) is 3.69. The molecule has 1 aliphatic rings. The lowest BCUT2D eigenvalue weighted by Gasteiger charge is -2.35. The van der Waals surface area contributed by atoms with E-state index >= 15 is 8.78 Å². The lowest BCUT2D eigenvalue weighted by Crippen LogP contribution is -2.47. The number of rotatable bonds is 8. The van der Waals surface area contributed by atoms with Crippen LogP contribution < -0.4 is 0 Å². The Bertz CT molecular complexity index is 1760. The Morgan fingerprint density at radius 2 is 1.37 bits per heavy atom. The molecule has 1 aliphatic heterocycles. The van der Waals surface area contributed by atoms with Crippen molar-refractivity contribution in [3.8, 4) is 0 Å². The molecule has 0 amide bonds. The average molecular weight is 806 g/mol. The third-order valence-electron chi connectivity index (χ3n) is 6.99. The van der Waals surface area contributed by atoms with Crippen molar-refractivity contribution in [1.82, 2.24) is 25.0 Å². The minimum atomic E-state index is -3.73. The Hall–Kier alpha value is -2.94. The zero-order valence-corrected chi connectivity index (χ0v) is 27.5. The van der Waals surface area contributed by atoms with Gasteiger partial charge in [-0.15, -0.1) is 0 Å². The highest BCUT2D eigenvalue weighted by Gasteiger charge is 2.67. The summed E-state index contributed by atoms with van der Waals surface area (Å²) in [7, 11) is 0. The number of aliphatic hydroxyl groups is 1. The smallest absolute Gasteiger partial charge is 0.324 e. The minimum absolute atomic E-state index is 0. The third kappa shape index (κ3) is 7.14. The molecular weight excluding hydrogens is 781 g/mol. The van der Waals surface area contributed by atoms with Gasteiger partial charge in [-0.05, 0) is 91.5 Å². The van der Waals surface area contributed by atoms with Crippen LogP contribution in [0.3, 0.4) is 0 Å². The summed E-state index contributed by atoms with van der Waals surface area (Å²) in [5.74, 6) is -6.95. The number of benzene rings is 2. The summed E-state index contributed by atoms with van der Waals surface area (Å²) >= 11 is 18.1. The van der Waals surface area contributed by atoms with Crippen molar-refractivity contribution in [2.75, 3.05) is 6.61 Å². The van der Waals surface area contributed by atoms with Crippen molar-refractivity contribution in [2.24, 2.45) is 0 Å². The van der Waals surface area contributed by atoms with Crippen LogP contribution in [0.15, 0.2) is 107 Å². The van der Waals surface area contributed by atoms with Crippen LogP contribution in [-0.4, -0.2) is 36.7 Å². The largest absolute Gasteiger partial charge is 0.377 e. The molecule has 1 fully saturated rings. The second-order valence-corrected chi connectivity index (χ2v) is 12.6. The standard InChI is InChI=1S/C16H12BrClF2N4O.C14H9BrClF2NO.CH4/c17-12-4-5-14(21-9-12)16(19,20)15(25,10-24-22-6-7-23-24)11-2-1-3-13(18)8-11;15-10-4-5-12(19-7-10)14(17,18)13(8-20-13)9-2-1-3-11(16)6-9;/h1-9,25H,10H2;1-7H,8H2;1H4. The van der Waals surface area contributed by atoms with Crippen LogP contribution in [0.1, 0.15) is 29.9 Å². The number of pyridine rings is 2.